The van der Waals surface area contributed by atoms with Crippen LogP contribution in [0, 0.1) is 0 Å². The average Bonchev–Trinajstić information content (AvgIpc) is 2.91. The second-order valence-corrected chi connectivity index (χ2v) is 4.93. The Balaban J connectivity index is 1.73. The summed E-state index contributed by atoms with van der Waals surface area (Å²) in [5, 5.41) is 3.29. The van der Waals surface area contributed by atoms with Gasteiger partial charge in [-0.2, -0.15) is 0 Å². The first-order valence-corrected chi connectivity index (χ1v) is 6.43. The van der Waals surface area contributed by atoms with Crippen LogP contribution in [-0.4, -0.2) is 29.9 Å². The van der Waals surface area contributed by atoms with Gasteiger partial charge in [-0.15, -0.1) is 0 Å². The van der Waals surface area contributed by atoms with Crippen molar-refractivity contribution in [3.63, 3.8) is 0 Å². The predicted molar refractivity (Wildman–Crippen MR) is 66.6 cm³/mol. The first-order chi connectivity index (χ1) is 8.34. The van der Waals surface area contributed by atoms with E-state index in [-0.39, 0.29) is 11.9 Å². The third kappa shape index (κ3) is 2.07. The number of carbonyl (C=O) groups excluding carboxylic acids is 1. The van der Waals surface area contributed by atoms with E-state index in [4.69, 9.17) is 0 Å². The molecule has 1 aromatic carbocycles. The second kappa shape index (κ2) is 4.49. The number of hydrogen-bond acceptors (Lipinski definition) is 2. The van der Waals surface area contributed by atoms with E-state index in [1.165, 1.54) is 11.1 Å². The molecule has 1 N–H and O–H groups in total. The maximum Gasteiger partial charge on any atom is 0.240 e. The monoisotopic (exact) mass is 230 g/mol. The maximum atomic E-state index is 12.3. The van der Waals surface area contributed by atoms with E-state index < -0.39 is 0 Å². The standard InChI is InChI=1S/C14H18N2O/c17-14(13-6-3-8-15-13)16-9-7-11-4-1-2-5-12(11)10-16/h1-2,4-5,13,15H,3,6-10H2. The topological polar surface area (TPSA) is 32.3 Å². The van der Waals surface area contributed by atoms with Crippen LogP contribution in [0.2, 0.25) is 0 Å². The van der Waals surface area contributed by atoms with Crippen molar-refractivity contribution >= 4 is 5.91 Å². The third-order valence-corrected chi connectivity index (χ3v) is 3.80. The van der Waals surface area contributed by atoms with Gasteiger partial charge in [0.2, 0.25) is 5.91 Å². The molecule has 3 rings (SSSR count). The molecular weight excluding hydrogens is 212 g/mol. The van der Waals surface area contributed by atoms with Gasteiger partial charge in [0.15, 0.2) is 0 Å². The Morgan fingerprint density at radius 2 is 2.12 bits per heavy atom. The lowest BCUT2D eigenvalue weighted by atomic mass is 9.99. The molecule has 2 aliphatic heterocycles. The van der Waals surface area contributed by atoms with E-state index in [9.17, 15) is 4.79 Å². The minimum Gasteiger partial charge on any atom is -0.337 e. The zero-order chi connectivity index (χ0) is 11.7. The molecule has 1 unspecified atom stereocenters. The van der Waals surface area contributed by atoms with E-state index in [1.807, 2.05) is 4.90 Å². The van der Waals surface area contributed by atoms with E-state index in [1.54, 1.807) is 0 Å². The van der Waals surface area contributed by atoms with Crippen LogP contribution < -0.4 is 5.32 Å². The summed E-state index contributed by atoms with van der Waals surface area (Å²) in [5.41, 5.74) is 2.71. The van der Waals surface area contributed by atoms with Crippen molar-refractivity contribution in [1.82, 2.24) is 10.2 Å². The number of amides is 1. The molecule has 1 fully saturated rings. The Kier molecular flexibility index (Phi) is 2.85. The largest absolute Gasteiger partial charge is 0.337 e. The van der Waals surface area contributed by atoms with Crippen molar-refractivity contribution in [3.05, 3.63) is 35.4 Å². The van der Waals surface area contributed by atoms with Crippen molar-refractivity contribution in [2.45, 2.75) is 31.8 Å². The number of hydrogen-bond donors (Lipinski definition) is 1. The van der Waals surface area contributed by atoms with Crippen LogP contribution in [0.25, 0.3) is 0 Å². The zero-order valence-electron chi connectivity index (χ0n) is 9.98. The number of fused-ring (bicyclic) bond motifs is 1. The predicted octanol–water partition coefficient (Wildman–Crippen LogP) is 1.32. The fourth-order valence-electron chi connectivity index (χ4n) is 2.80. The maximum absolute atomic E-state index is 12.3. The Labute approximate surface area is 102 Å². The third-order valence-electron chi connectivity index (χ3n) is 3.80. The highest BCUT2D eigenvalue weighted by Gasteiger charge is 2.28. The summed E-state index contributed by atoms with van der Waals surface area (Å²) >= 11 is 0. The summed E-state index contributed by atoms with van der Waals surface area (Å²) in [6.07, 6.45) is 3.12. The molecule has 0 bridgehead atoms. The van der Waals surface area contributed by atoms with Crippen molar-refractivity contribution in [1.29, 1.82) is 0 Å². The van der Waals surface area contributed by atoms with Gasteiger partial charge in [-0.1, -0.05) is 24.3 Å². The lowest BCUT2D eigenvalue weighted by molar-refractivity contribution is -0.134. The molecule has 0 spiro atoms. The normalized spacial score (nSPS) is 23.5. The molecule has 1 atom stereocenters. The smallest absolute Gasteiger partial charge is 0.240 e. The van der Waals surface area contributed by atoms with Gasteiger partial charge in [0.05, 0.1) is 6.04 Å². The molecule has 3 nitrogen and oxygen atoms in total. The van der Waals surface area contributed by atoms with Gasteiger partial charge >= 0.3 is 0 Å². The number of rotatable bonds is 1. The minimum atomic E-state index is 0.0697. The first kappa shape index (κ1) is 10.8. The Morgan fingerprint density at radius 1 is 1.29 bits per heavy atom. The lowest BCUT2D eigenvalue weighted by Crippen LogP contribution is -2.45. The van der Waals surface area contributed by atoms with E-state index in [2.05, 4.69) is 29.6 Å². The number of nitrogens with one attached hydrogen (secondary N) is 1. The number of carbonyl (C=O) groups is 1. The van der Waals surface area contributed by atoms with E-state index in [0.29, 0.717) is 0 Å². The summed E-state index contributed by atoms with van der Waals surface area (Å²) in [6.45, 7) is 2.64. The highest BCUT2D eigenvalue weighted by atomic mass is 16.2. The summed E-state index contributed by atoms with van der Waals surface area (Å²) in [4.78, 5) is 14.3. The molecule has 2 heterocycles. The molecule has 1 saturated heterocycles. The fourth-order valence-corrected chi connectivity index (χ4v) is 2.80. The number of nitrogens with zero attached hydrogens (tertiary/aromatic N) is 1. The Morgan fingerprint density at radius 3 is 2.88 bits per heavy atom. The highest BCUT2D eigenvalue weighted by Crippen LogP contribution is 2.20. The number of benzene rings is 1. The van der Waals surface area contributed by atoms with Gasteiger partial charge < -0.3 is 10.2 Å². The summed E-state index contributed by atoms with van der Waals surface area (Å²) in [6, 6.07) is 8.51. The van der Waals surface area contributed by atoms with Crippen LogP contribution in [0.15, 0.2) is 24.3 Å². The second-order valence-electron chi connectivity index (χ2n) is 4.93. The zero-order valence-corrected chi connectivity index (χ0v) is 9.98. The first-order valence-electron chi connectivity index (χ1n) is 6.43. The Bertz CT molecular complexity index is 424. The van der Waals surface area contributed by atoms with Crippen molar-refractivity contribution in [2.24, 2.45) is 0 Å². The molecule has 0 radical (unpaired) electrons. The quantitative estimate of drug-likeness (QED) is 0.789. The lowest BCUT2D eigenvalue weighted by Gasteiger charge is -2.30. The van der Waals surface area contributed by atoms with Crippen LogP contribution in [-0.2, 0) is 17.8 Å². The van der Waals surface area contributed by atoms with Crippen molar-refractivity contribution in [2.75, 3.05) is 13.1 Å². The van der Waals surface area contributed by atoms with Crippen LogP contribution in [0.5, 0.6) is 0 Å². The molecule has 90 valence electrons. The molecule has 0 aliphatic carbocycles. The molecule has 17 heavy (non-hydrogen) atoms. The van der Waals surface area contributed by atoms with Gasteiger partial charge in [-0.05, 0) is 36.9 Å². The van der Waals surface area contributed by atoms with Crippen LogP contribution in [0.4, 0.5) is 0 Å². The SMILES string of the molecule is O=C(C1CCCN1)N1CCc2ccccc2C1. The summed E-state index contributed by atoms with van der Waals surface area (Å²) < 4.78 is 0. The van der Waals surface area contributed by atoms with Crippen molar-refractivity contribution < 1.29 is 4.79 Å². The van der Waals surface area contributed by atoms with Gasteiger partial charge in [-0.3, -0.25) is 4.79 Å². The fraction of sp³-hybridized carbons (Fsp3) is 0.500. The van der Waals surface area contributed by atoms with Gasteiger partial charge in [0.25, 0.3) is 0 Å². The molecule has 0 aromatic heterocycles. The van der Waals surface area contributed by atoms with Crippen LogP contribution in [0.1, 0.15) is 24.0 Å². The van der Waals surface area contributed by atoms with E-state index >= 15 is 0 Å². The van der Waals surface area contributed by atoms with Gasteiger partial charge in [0, 0.05) is 13.1 Å². The summed E-state index contributed by atoms with van der Waals surface area (Å²) in [7, 11) is 0. The molecular formula is C14H18N2O. The average molecular weight is 230 g/mol. The summed E-state index contributed by atoms with van der Waals surface area (Å²) in [5.74, 6) is 0.289. The molecule has 1 amide bonds. The van der Waals surface area contributed by atoms with Crippen LogP contribution in [0.3, 0.4) is 0 Å². The molecule has 3 heteroatoms. The highest BCUT2D eigenvalue weighted by molar-refractivity contribution is 5.82. The molecule has 0 saturated carbocycles. The molecule has 1 aromatic rings. The van der Waals surface area contributed by atoms with Crippen LogP contribution >= 0.6 is 0 Å². The molecule has 2 aliphatic rings. The van der Waals surface area contributed by atoms with Gasteiger partial charge in [0.1, 0.15) is 0 Å². The van der Waals surface area contributed by atoms with Gasteiger partial charge in [-0.25, -0.2) is 0 Å². The van der Waals surface area contributed by atoms with Crippen molar-refractivity contribution in [3.8, 4) is 0 Å². The minimum absolute atomic E-state index is 0.0697. The van der Waals surface area contributed by atoms with E-state index in [0.717, 1.165) is 38.9 Å². The Hall–Kier alpha value is -1.35.